The van der Waals surface area contributed by atoms with E-state index in [1.54, 1.807) is 0 Å². The van der Waals surface area contributed by atoms with Gasteiger partial charge in [-0.15, -0.1) is 0 Å². The summed E-state index contributed by atoms with van der Waals surface area (Å²) in [7, 11) is 0. The van der Waals surface area contributed by atoms with Gasteiger partial charge in [-0.1, -0.05) is 0 Å². The molecule has 1 aromatic rings. The van der Waals surface area contributed by atoms with Crippen LogP contribution in [0.4, 0.5) is 5.69 Å². The molecule has 0 amide bonds. The fourth-order valence-corrected chi connectivity index (χ4v) is 1.85. The number of anilines is 1. The van der Waals surface area contributed by atoms with Crippen LogP contribution in [0.3, 0.4) is 0 Å². The fraction of sp³-hybridized carbons (Fsp3) is 0.182. The van der Waals surface area contributed by atoms with E-state index in [0.717, 1.165) is 23.6 Å². The number of nitrogens with zero attached hydrogens (tertiary/aromatic N) is 2. The zero-order valence-corrected chi connectivity index (χ0v) is 8.49. The Balaban J connectivity index is 1.96. The van der Waals surface area contributed by atoms with E-state index in [2.05, 4.69) is 28.0 Å². The van der Waals surface area contributed by atoms with Crippen molar-refractivity contribution >= 4 is 5.69 Å². The van der Waals surface area contributed by atoms with Gasteiger partial charge in [-0.3, -0.25) is 15.4 Å². The number of hydrogen-bond acceptors (Lipinski definition) is 4. The van der Waals surface area contributed by atoms with Crippen molar-refractivity contribution in [2.24, 2.45) is 0 Å². The Morgan fingerprint density at radius 1 is 1.47 bits per heavy atom. The second-order valence-corrected chi connectivity index (χ2v) is 3.68. The molecule has 2 N–H and O–H groups in total. The Labute approximate surface area is 88.3 Å². The van der Waals surface area contributed by atoms with Crippen molar-refractivity contribution in [3.8, 4) is 0 Å². The molecule has 0 atom stereocenters. The first-order valence-electron chi connectivity index (χ1n) is 4.97. The molecular formula is C11H12N4. The van der Waals surface area contributed by atoms with Gasteiger partial charge in [0.05, 0.1) is 17.1 Å². The largest absolute Gasteiger partial charge is 0.385 e. The highest BCUT2D eigenvalue weighted by Gasteiger charge is 2.22. The van der Waals surface area contributed by atoms with Crippen molar-refractivity contribution in [1.82, 2.24) is 15.7 Å². The maximum atomic E-state index is 4.27. The molecule has 4 nitrogen and oxygen atoms in total. The summed E-state index contributed by atoms with van der Waals surface area (Å²) in [5, 5.41) is 5.19. The van der Waals surface area contributed by atoms with Crippen LogP contribution < -0.4 is 15.8 Å². The second-order valence-electron chi connectivity index (χ2n) is 3.68. The number of fused-ring (bicyclic) bond motifs is 1. The van der Waals surface area contributed by atoms with E-state index >= 15 is 0 Å². The molecular weight excluding hydrogens is 188 g/mol. The molecule has 0 aliphatic carbocycles. The van der Waals surface area contributed by atoms with E-state index in [1.165, 1.54) is 5.57 Å². The number of pyridine rings is 1. The molecule has 0 saturated carbocycles. The summed E-state index contributed by atoms with van der Waals surface area (Å²) in [5.74, 6) is 0. The van der Waals surface area contributed by atoms with Crippen molar-refractivity contribution in [2.75, 3.05) is 11.6 Å². The molecule has 0 bridgehead atoms. The molecule has 0 radical (unpaired) electrons. The summed E-state index contributed by atoms with van der Waals surface area (Å²) < 4.78 is 0. The summed E-state index contributed by atoms with van der Waals surface area (Å²) in [6.07, 6.45) is 5.91. The smallest absolute Gasteiger partial charge is 0.0836 e. The number of nitrogens with one attached hydrogen (secondary N) is 2. The van der Waals surface area contributed by atoms with Crippen LogP contribution in [-0.2, 0) is 0 Å². The van der Waals surface area contributed by atoms with Crippen LogP contribution in [0.2, 0.25) is 0 Å². The minimum Gasteiger partial charge on any atom is -0.385 e. The van der Waals surface area contributed by atoms with E-state index in [9.17, 15) is 0 Å². The first-order valence-corrected chi connectivity index (χ1v) is 4.97. The molecule has 2 aliphatic rings. The van der Waals surface area contributed by atoms with Crippen LogP contribution in [0.1, 0.15) is 5.69 Å². The standard InChI is InChI=1S/C11H12N4/c1-8-11(3-2-4-13-8)15-7-9-5-12-6-10(9)14-15/h2-4,6-7,12,14H,5H2,1H3. The Kier molecular flexibility index (Phi) is 1.68. The molecule has 1 aromatic heterocycles. The Bertz CT molecular complexity index is 461. The lowest BCUT2D eigenvalue weighted by atomic mass is 10.3. The molecule has 2 aliphatic heterocycles. The maximum absolute atomic E-state index is 4.27. The normalized spacial score (nSPS) is 17.8. The van der Waals surface area contributed by atoms with Crippen molar-refractivity contribution in [2.45, 2.75) is 6.92 Å². The molecule has 3 heterocycles. The van der Waals surface area contributed by atoms with Gasteiger partial charge in [0.2, 0.25) is 0 Å². The summed E-state index contributed by atoms with van der Waals surface area (Å²) in [6, 6.07) is 4.00. The van der Waals surface area contributed by atoms with Gasteiger partial charge in [0, 0.05) is 30.7 Å². The topological polar surface area (TPSA) is 40.2 Å². The highest BCUT2D eigenvalue weighted by atomic mass is 15.5. The van der Waals surface area contributed by atoms with Crippen molar-refractivity contribution in [3.05, 3.63) is 47.7 Å². The molecule has 76 valence electrons. The van der Waals surface area contributed by atoms with Crippen LogP contribution in [0.5, 0.6) is 0 Å². The second kappa shape index (κ2) is 3.02. The third-order valence-corrected chi connectivity index (χ3v) is 2.65. The highest BCUT2D eigenvalue weighted by Crippen LogP contribution is 2.25. The van der Waals surface area contributed by atoms with Crippen LogP contribution >= 0.6 is 0 Å². The predicted octanol–water partition coefficient (Wildman–Crippen LogP) is 1.04. The zero-order chi connectivity index (χ0) is 10.3. The van der Waals surface area contributed by atoms with Crippen molar-refractivity contribution < 1.29 is 0 Å². The minimum atomic E-state index is 0.901. The fourth-order valence-electron chi connectivity index (χ4n) is 1.85. The molecule has 0 unspecified atom stereocenters. The van der Waals surface area contributed by atoms with E-state index in [-0.39, 0.29) is 0 Å². The first kappa shape index (κ1) is 8.35. The number of aryl methyl sites for hydroxylation is 1. The number of hydrogen-bond donors (Lipinski definition) is 2. The van der Waals surface area contributed by atoms with Crippen molar-refractivity contribution in [1.29, 1.82) is 0 Å². The SMILES string of the molecule is Cc1ncccc1N1C=C2CNC=C2N1. The summed E-state index contributed by atoms with van der Waals surface area (Å²) >= 11 is 0. The molecule has 0 fully saturated rings. The Hall–Kier alpha value is -1.97. The van der Waals surface area contributed by atoms with Gasteiger partial charge in [-0.2, -0.15) is 0 Å². The summed E-state index contributed by atoms with van der Waals surface area (Å²) in [5.41, 5.74) is 7.87. The van der Waals surface area contributed by atoms with Gasteiger partial charge in [-0.25, -0.2) is 0 Å². The average Bonchev–Trinajstić information content (AvgIpc) is 2.77. The van der Waals surface area contributed by atoms with Gasteiger partial charge >= 0.3 is 0 Å². The van der Waals surface area contributed by atoms with E-state index in [0.29, 0.717) is 0 Å². The van der Waals surface area contributed by atoms with Gasteiger partial charge in [0.25, 0.3) is 0 Å². The predicted molar refractivity (Wildman–Crippen MR) is 58.8 cm³/mol. The zero-order valence-electron chi connectivity index (χ0n) is 8.49. The monoisotopic (exact) mass is 200 g/mol. The lowest BCUT2D eigenvalue weighted by Gasteiger charge is -2.18. The molecule has 15 heavy (non-hydrogen) atoms. The molecule has 0 saturated heterocycles. The number of hydrazine groups is 1. The van der Waals surface area contributed by atoms with Crippen LogP contribution in [0.25, 0.3) is 0 Å². The van der Waals surface area contributed by atoms with E-state index in [4.69, 9.17) is 0 Å². The van der Waals surface area contributed by atoms with Crippen LogP contribution in [-0.4, -0.2) is 11.5 Å². The third-order valence-electron chi connectivity index (χ3n) is 2.65. The lowest BCUT2D eigenvalue weighted by molar-refractivity contribution is 0.866. The van der Waals surface area contributed by atoms with Gasteiger partial charge in [-0.05, 0) is 19.1 Å². The number of rotatable bonds is 1. The first-order chi connectivity index (χ1) is 7.34. The van der Waals surface area contributed by atoms with Gasteiger partial charge in [0.1, 0.15) is 0 Å². The maximum Gasteiger partial charge on any atom is 0.0836 e. The van der Waals surface area contributed by atoms with E-state index < -0.39 is 0 Å². The average molecular weight is 200 g/mol. The highest BCUT2D eigenvalue weighted by molar-refractivity contribution is 5.58. The van der Waals surface area contributed by atoms with Gasteiger partial charge in [0.15, 0.2) is 0 Å². The summed E-state index contributed by atoms with van der Waals surface area (Å²) in [6.45, 7) is 2.91. The molecule has 3 rings (SSSR count). The number of aromatic nitrogens is 1. The third kappa shape index (κ3) is 1.26. The lowest BCUT2D eigenvalue weighted by Crippen LogP contribution is -2.28. The van der Waals surface area contributed by atoms with Crippen LogP contribution in [0, 0.1) is 6.92 Å². The van der Waals surface area contributed by atoms with Crippen molar-refractivity contribution in [3.63, 3.8) is 0 Å². The molecule has 0 aromatic carbocycles. The molecule has 4 heteroatoms. The Morgan fingerprint density at radius 2 is 2.40 bits per heavy atom. The van der Waals surface area contributed by atoms with Crippen LogP contribution in [0.15, 0.2) is 42.0 Å². The van der Waals surface area contributed by atoms with E-state index in [1.807, 2.05) is 30.4 Å². The quantitative estimate of drug-likeness (QED) is 0.710. The minimum absolute atomic E-state index is 0.901. The summed E-state index contributed by atoms with van der Waals surface area (Å²) in [4.78, 5) is 4.27. The molecule has 0 spiro atoms. The Morgan fingerprint density at radius 3 is 3.20 bits per heavy atom. The van der Waals surface area contributed by atoms with Gasteiger partial charge < -0.3 is 5.32 Å².